The van der Waals surface area contributed by atoms with Gasteiger partial charge in [0.05, 0.1) is 6.10 Å². The smallest absolute Gasteiger partial charge is 0.243 e. The summed E-state index contributed by atoms with van der Waals surface area (Å²) in [5.74, 6) is 2.29. The number of aliphatic imine (C=N–C) groups is 1. The van der Waals surface area contributed by atoms with E-state index >= 15 is 0 Å². The first kappa shape index (κ1) is 20.5. The highest BCUT2D eigenvalue weighted by molar-refractivity contribution is 7.99. The van der Waals surface area contributed by atoms with Crippen molar-refractivity contribution in [3.05, 3.63) is 30.3 Å². The van der Waals surface area contributed by atoms with Gasteiger partial charge in [-0.15, -0.1) is 11.8 Å². The summed E-state index contributed by atoms with van der Waals surface area (Å²) in [6, 6.07) is 10.8. The number of amides is 1. The average molecular weight is 417 g/mol. The second-order valence-electron chi connectivity index (χ2n) is 8.49. The summed E-state index contributed by atoms with van der Waals surface area (Å²) in [7, 11) is 3.54. The largest absolute Gasteiger partial charge is 0.377 e. The summed E-state index contributed by atoms with van der Waals surface area (Å²) in [4.78, 5) is 19.5. The molecule has 1 saturated heterocycles. The van der Waals surface area contributed by atoms with E-state index in [1.807, 2.05) is 17.8 Å². The highest BCUT2D eigenvalue weighted by Crippen LogP contribution is 2.62. The predicted molar refractivity (Wildman–Crippen MR) is 117 cm³/mol. The van der Waals surface area contributed by atoms with Crippen LogP contribution in [-0.4, -0.2) is 68.5 Å². The molecule has 7 heteroatoms. The minimum absolute atomic E-state index is 0.0128. The molecule has 0 bridgehead atoms. The first-order valence-corrected chi connectivity index (χ1v) is 11.6. The molecule has 1 heterocycles. The van der Waals surface area contributed by atoms with Crippen LogP contribution >= 0.6 is 11.8 Å². The Morgan fingerprint density at radius 2 is 2.10 bits per heavy atom. The number of benzene rings is 1. The van der Waals surface area contributed by atoms with Crippen LogP contribution in [0.1, 0.15) is 25.7 Å². The van der Waals surface area contributed by atoms with Crippen LogP contribution in [0.4, 0.5) is 0 Å². The van der Waals surface area contributed by atoms with Crippen LogP contribution in [0.3, 0.4) is 0 Å². The molecular formula is C22H32N4O2S. The first-order valence-electron chi connectivity index (χ1n) is 10.6. The van der Waals surface area contributed by atoms with E-state index in [0.29, 0.717) is 18.1 Å². The van der Waals surface area contributed by atoms with Gasteiger partial charge >= 0.3 is 0 Å². The average Bonchev–Trinajstić information content (AvgIpc) is 3.10. The molecule has 1 amide bonds. The maximum absolute atomic E-state index is 12.0. The van der Waals surface area contributed by atoms with Crippen molar-refractivity contribution < 1.29 is 9.53 Å². The SMILES string of the molecule is CN(C)C(=O)CN=C(NCCSc1ccccc1)NC1C2CCOC2C12CCC2. The molecule has 0 aromatic heterocycles. The monoisotopic (exact) mass is 416 g/mol. The van der Waals surface area contributed by atoms with E-state index < -0.39 is 0 Å². The van der Waals surface area contributed by atoms with Gasteiger partial charge in [-0.3, -0.25) is 4.79 Å². The zero-order valence-electron chi connectivity index (χ0n) is 17.4. The molecule has 2 saturated carbocycles. The lowest BCUT2D eigenvalue weighted by Gasteiger charge is -2.63. The molecule has 1 aromatic rings. The molecule has 4 rings (SSSR count). The number of hydrogen-bond acceptors (Lipinski definition) is 4. The molecule has 3 unspecified atom stereocenters. The van der Waals surface area contributed by atoms with E-state index in [-0.39, 0.29) is 17.9 Å². The molecule has 1 aromatic carbocycles. The Balaban J connectivity index is 1.36. The number of carbonyl (C=O) groups is 1. The van der Waals surface area contributed by atoms with E-state index in [1.165, 1.54) is 24.2 Å². The lowest BCUT2D eigenvalue weighted by Crippen LogP contribution is -2.72. The molecule has 0 radical (unpaired) electrons. The van der Waals surface area contributed by atoms with E-state index in [4.69, 9.17) is 4.74 Å². The number of carbonyl (C=O) groups excluding carboxylic acids is 1. The van der Waals surface area contributed by atoms with Crippen molar-refractivity contribution in [2.24, 2.45) is 16.3 Å². The first-order chi connectivity index (χ1) is 14.1. The third kappa shape index (κ3) is 4.26. The third-order valence-corrected chi connectivity index (χ3v) is 7.62. The molecule has 2 aliphatic carbocycles. The summed E-state index contributed by atoms with van der Waals surface area (Å²) >= 11 is 1.82. The van der Waals surface area contributed by atoms with Crippen LogP contribution in [-0.2, 0) is 9.53 Å². The molecule has 2 N–H and O–H groups in total. The highest BCUT2D eigenvalue weighted by atomic mass is 32.2. The molecule has 3 aliphatic rings. The zero-order chi connectivity index (χ0) is 20.3. The van der Waals surface area contributed by atoms with Gasteiger partial charge in [0, 0.05) is 55.3 Å². The zero-order valence-corrected chi connectivity index (χ0v) is 18.2. The summed E-state index contributed by atoms with van der Waals surface area (Å²) in [6.45, 7) is 1.84. The van der Waals surface area contributed by atoms with Gasteiger partial charge in [0.1, 0.15) is 6.54 Å². The maximum atomic E-state index is 12.0. The Morgan fingerprint density at radius 1 is 1.31 bits per heavy atom. The molecule has 6 nitrogen and oxygen atoms in total. The number of ether oxygens (including phenoxy) is 1. The molecule has 3 atom stereocenters. The summed E-state index contributed by atoms with van der Waals surface area (Å²) in [6.07, 6.45) is 5.31. The number of nitrogens with one attached hydrogen (secondary N) is 2. The molecule has 29 heavy (non-hydrogen) atoms. The van der Waals surface area contributed by atoms with Gasteiger partial charge in [-0.25, -0.2) is 4.99 Å². The molecule has 3 fully saturated rings. The van der Waals surface area contributed by atoms with E-state index in [2.05, 4.69) is 39.9 Å². The van der Waals surface area contributed by atoms with Crippen LogP contribution in [0.15, 0.2) is 40.2 Å². The summed E-state index contributed by atoms with van der Waals surface area (Å²) in [5, 5.41) is 7.15. The van der Waals surface area contributed by atoms with Gasteiger partial charge in [0.25, 0.3) is 0 Å². The Hall–Kier alpha value is -1.73. The van der Waals surface area contributed by atoms with Crippen molar-refractivity contribution in [1.82, 2.24) is 15.5 Å². The van der Waals surface area contributed by atoms with E-state index in [0.717, 1.165) is 31.3 Å². The Bertz CT molecular complexity index is 736. The third-order valence-electron chi connectivity index (χ3n) is 6.61. The fourth-order valence-electron chi connectivity index (χ4n) is 4.90. The minimum Gasteiger partial charge on any atom is -0.377 e. The minimum atomic E-state index is 0.0128. The second kappa shape index (κ2) is 8.96. The van der Waals surface area contributed by atoms with Crippen LogP contribution in [0, 0.1) is 11.3 Å². The van der Waals surface area contributed by atoms with E-state index in [1.54, 1.807) is 19.0 Å². The van der Waals surface area contributed by atoms with Crippen molar-refractivity contribution in [2.75, 3.05) is 39.5 Å². The molecule has 1 aliphatic heterocycles. The Kier molecular flexibility index (Phi) is 6.35. The van der Waals surface area contributed by atoms with Crippen molar-refractivity contribution in [1.29, 1.82) is 0 Å². The second-order valence-corrected chi connectivity index (χ2v) is 9.66. The lowest BCUT2D eigenvalue weighted by atomic mass is 9.46. The number of hydrogen-bond donors (Lipinski definition) is 2. The summed E-state index contributed by atoms with van der Waals surface area (Å²) < 4.78 is 6.03. The van der Waals surface area contributed by atoms with Gasteiger partial charge < -0.3 is 20.3 Å². The topological polar surface area (TPSA) is 66.0 Å². The van der Waals surface area contributed by atoms with Gasteiger partial charge in [-0.05, 0) is 31.4 Å². The fraction of sp³-hybridized carbons (Fsp3) is 0.636. The quantitative estimate of drug-likeness (QED) is 0.309. The van der Waals surface area contributed by atoms with Crippen molar-refractivity contribution >= 4 is 23.6 Å². The standard InChI is InChI=1S/C22H32N4O2S/c1-26(2)18(27)15-24-21(23-12-14-29-16-7-4-3-5-8-16)25-19-17-9-13-28-20(17)22(19)10-6-11-22/h3-5,7-8,17,19-20H,6,9-15H2,1-2H3,(H2,23,24,25). The number of rotatable bonds is 7. The van der Waals surface area contributed by atoms with Crippen molar-refractivity contribution in [3.8, 4) is 0 Å². The van der Waals surface area contributed by atoms with Crippen molar-refractivity contribution in [3.63, 3.8) is 0 Å². The predicted octanol–water partition coefficient (Wildman–Crippen LogP) is 2.36. The molecule has 158 valence electrons. The molecular weight excluding hydrogens is 384 g/mol. The van der Waals surface area contributed by atoms with Gasteiger partial charge in [0.15, 0.2) is 5.96 Å². The number of nitrogens with zero attached hydrogens (tertiary/aromatic N) is 2. The number of thioether (sulfide) groups is 1. The van der Waals surface area contributed by atoms with Crippen LogP contribution in [0.25, 0.3) is 0 Å². The van der Waals surface area contributed by atoms with E-state index in [9.17, 15) is 4.79 Å². The van der Waals surface area contributed by atoms with Crippen molar-refractivity contribution in [2.45, 2.75) is 42.7 Å². The Labute approximate surface area is 177 Å². The molecule has 1 spiro atoms. The lowest BCUT2D eigenvalue weighted by molar-refractivity contribution is -0.171. The van der Waals surface area contributed by atoms with Gasteiger partial charge in [-0.1, -0.05) is 24.6 Å². The summed E-state index contributed by atoms with van der Waals surface area (Å²) in [5.41, 5.74) is 0.286. The van der Waals surface area contributed by atoms with Crippen LogP contribution < -0.4 is 10.6 Å². The highest BCUT2D eigenvalue weighted by Gasteiger charge is 2.66. The normalized spacial score (nSPS) is 27.0. The van der Waals surface area contributed by atoms with Crippen LogP contribution in [0.5, 0.6) is 0 Å². The number of fused-ring (bicyclic) bond motifs is 2. The van der Waals surface area contributed by atoms with Gasteiger partial charge in [-0.2, -0.15) is 0 Å². The number of guanidine groups is 1. The van der Waals surface area contributed by atoms with Crippen LogP contribution in [0.2, 0.25) is 0 Å². The number of likely N-dealkylation sites (N-methyl/N-ethyl adjacent to an activating group) is 1. The fourth-order valence-corrected chi connectivity index (χ4v) is 5.69. The maximum Gasteiger partial charge on any atom is 0.243 e. The van der Waals surface area contributed by atoms with Gasteiger partial charge in [0.2, 0.25) is 5.91 Å². The Morgan fingerprint density at radius 3 is 2.79 bits per heavy atom.